The second-order valence-corrected chi connectivity index (χ2v) is 4.33. The van der Waals surface area contributed by atoms with Crippen LogP contribution in [0, 0.1) is 0 Å². The molecule has 8 heteroatoms. The molecule has 0 radical (unpaired) electrons. The molecule has 1 aromatic rings. The fraction of sp³-hybridized carbons (Fsp3) is 0.385. The average molecular weight is 304 g/mol. The third-order valence-corrected chi connectivity index (χ3v) is 2.50. The first-order chi connectivity index (χ1) is 9.74. The smallest absolute Gasteiger partial charge is 0.416 e. The highest BCUT2D eigenvalue weighted by molar-refractivity contribution is 5.95. The Morgan fingerprint density at radius 3 is 2.43 bits per heavy atom. The van der Waals surface area contributed by atoms with Crippen molar-refractivity contribution in [3.63, 3.8) is 0 Å². The molecule has 116 valence electrons. The summed E-state index contributed by atoms with van der Waals surface area (Å²) in [5, 5.41) is 13.8. The zero-order valence-corrected chi connectivity index (χ0v) is 11.3. The lowest BCUT2D eigenvalue weighted by Crippen LogP contribution is -2.28. The van der Waals surface area contributed by atoms with E-state index in [2.05, 4.69) is 10.6 Å². The molecule has 0 saturated heterocycles. The first-order valence-electron chi connectivity index (χ1n) is 6.20. The number of carbonyl (C=O) groups excluding carboxylic acids is 1. The number of carbonyl (C=O) groups is 2. The Kier molecular flexibility index (Phi) is 5.71. The molecular formula is C13H15F3N2O3. The summed E-state index contributed by atoms with van der Waals surface area (Å²) in [4.78, 5) is 22.4. The summed E-state index contributed by atoms with van der Waals surface area (Å²) in [6.45, 7) is 2.43. The Balaban J connectivity index is 2.93. The van der Waals surface area contributed by atoms with Gasteiger partial charge in [-0.05, 0) is 31.2 Å². The third-order valence-electron chi connectivity index (χ3n) is 2.50. The summed E-state index contributed by atoms with van der Waals surface area (Å²) in [6, 6.07) is 2.20. The van der Waals surface area contributed by atoms with Crippen LogP contribution in [0.2, 0.25) is 0 Å². The topological polar surface area (TPSA) is 78.4 Å². The van der Waals surface area contributed by atoms with Crippen molar-refractivity contribution in [1.29, 1.82) is 0 Å². The number of aromatic carboxylic acids is 1. The Morgan fingerprint density at radius 2 is 1.90 bits per heavy atom. The predicted molar refractivity (Wildman–Crippen MR) is 70.2 cm³/mol. The van der Waals surface area contributed by atoms with Crippen LogP contribution < -0.4 is 10.6 Å². The summed E-state index contributed by atoms with van der Waals surface area (Å²) in [5.41, 5.74) is -1.87. The van der Waals surface area contributed by atoms with Gasteiger partial charge in [0, 0.05) is 5.69 Å². The maximum atomic E-state index is 12.7. The van der Waals surface area contributed by atoms with Gasteiger partial charge in [-0.25, -0.2) is 4.79 Å². The number of rotatable bonds is 6. The van der Waals surface area contributed by atoms with Crippen molar-refractivity contribution in [3.05, 3.63) is 29.3 Å². The van der Waals surface area contributed by atoms with Crippen molar-refractivity contribution in [2.45, 2.75) is 19.5 Å². The Morgan fingerprint density at radius 1 is 1.24 bits per heavy atom. The number of halogens is 3. The van der Waals surface area contributed by atoms with Crippen LogP contribution >= 0.6 is 0 Å². The zero-order chi connectivity index (χ0) is 16.0. The third kappa shape index (κ3) is 5.42. The Hall–Kier alpha value is -2.09. The van der Waals surface area contributed by atoms with Crippen LogP contribution in [-0.2, 0) is 11.0 Å². The van der Waals surface area contributed by atoms with Crippen LogP contribution in [0.4, 0.5) is 18.9 Å². The Labute approximate surface area is 119 Å². The van der Waals surface area contributed by atoms with Gasteiger partial charge in [0.05, 0.1) is 17.7 Å². The van der Waals surface area contributed by atoms with Gasteiger partial charge in [-0.15, -0.1) is 0 Å². The first-order valence-corrected chi connectivity index (χ1v) is 6.20. The number of amides is 1. The van der Waals surface area contributed by atoms with Gasteiger partial charge < -0.3 is 15.7 Å². The molecule has 5 nitrogen and oxygen atoms in total. The van der Waals surface area contributed by atoms with E-state index in [0.29, 0.717) is 18.7 Å². The van der Waals surface area contributed by atoms with Gasteiger partial charge in [-0.1, -0.05) is 6.92 Å². The summed E-state index contributed by atoms with van der Waals surface area (Å²) in [6.07, 6.45) is -3.88. The van der Waals surface area contributed by atoms with E-state index in [-0.39, 0.29) is 12.2 Å². The maximum Gasteiger partial charge on any atom is 0.416 e. The quantitative estimate of drug-likeness (QED) is 0.705. The lowest BCUT2D eigenvalue weighted by Gasteiger charge is -2.12. The molecule has 0 spiro atoms. The molecule has 0 aliphatic rings. The molecule has 0 aliphatic carbocycles. The largest absolute Gasteiger partial charge is 0.478 e. The van der Waals surface area contributed by atoms with Gasteiger partial charge in [-0.2, -0.15) is 13.2 Å². The highest BCUT2D eigenvalue weighted by atomic mass is 19.4. The van der Waals surface area contributed by atoms with Gasteiger partial charge in [0.1, 0.15) is 0 Å². The van der Waals surface area contributed by atoms with E-state index in [4.69, 9.17) is 5.11 Å². The number of hydrogen-bond donors (Lipinski definition) is 3. The van der Waals surface area contributed by atoms with Crippen molar-refractivity contribution in [2.75, 3.05) is 18.4 Å². The standard InChI is InChI=1S/C13H15F3N2O3/c1-2-3-17-7-11(19)18-10-5-8(12(20)21)4-9(6-10)13(14,15)16/h4-6,17H,2-3,7H2,1H3,(H,18,19)(H,20,21). The molecule has 0 aliphatic heterocycles. The second-order valence-electron chi connectivity index (χ2n) is 4.33. The number of benzene rings is 1. The molecule has 1 rings (SSSR count). The van der Waals surface area contributed by atoms with E-state index in [1.165, 1.54) is 0 Å². The molecule has 0 bridgehead atoms. The molecule has 0 aromatic heterocycles. The summed E-state index contributed by atoms with van der Waals surface area (Å²) >= 11 is 0. The number of alkyl halides is 3. The van der Waals surface area contributed by atoms with E-state index in [1.807, 2.05) is 6.92 Å². The second kappa shape index (κ2) is 7.07. The Bertz CT molecular complexity index is 530. The normalized spacial score (nSPS) is 11.2. The van der Waals surface area contributed by atoms with Crippen LogP contribution in [-0.4, -0.2) is 30.1 Å². The minimum Gasteiger partial charge on any atom is -0.478 e. The number of hydrogen-bond acceptors (Lipinski definition) is 3. The molecule has 0 unspecified atom stereocenters. The predicted octanol–water partition coefficient (Wildman–Crippen LogP) is 2.34. The van der Waals surface area contributed by atoms with Gasteiger partial charge in [0.25, 0.3) is 0 Å². The van der Waals surface area contributed by atoms with Crippen LogP contribution in [0.1, 0.15) is 29.3 Å². The number of nitrogens with one attached hydrogen (secondary N) is 2. The SMILES string of the molecule is CCCNCC(=O)Nc1cc(C(=O)O)cc(C(F)(F)F)c1. The van der Waals surface area contributed by atoms with Crippen molar-refractivity contribution in [1.82, 2.24) is 5.32 Å². The first kappa shape index (κ1) is 17.0. The highest BCUT2D eigenvalue weighted by Gasteiger charge is 2.32. The van der Waals surface area contributed by atoms with E-state index in [0.717, 1.165) is 12.5 Å². The lowest BCUT2D eigenvalue weighted by atomic mass is 10.1. The summed E-state index contributed by atoms with van der Waals surface area (Å²) in [7, 11) is 0. The highest BCUT2D eigenvalue weighted by Crippen LogP contribution is 2.32. The fourth-order valence-electron chi connectivity index (χ4n) is 1.57. The molecule has 3 N–H and O–H groups in total. The monoisotopic (exact) mass is 304 g/mol. The van der Waals surface area contributed by atoms with Crippen molar-refractivity contribution in [3.8, 4) is 0 Å². The van der Waals surface area contributed by atoms with Gasteiger partial charge >= 0.3 is 12.1 Å². The van der Waals surface area contributed by atoms with Crippen LogP contribution in [0.3, 0.4) is 0 Å². The average Bonchev–Trinajstić information content (AvgIpc) is 2.37. The molecule has 1 amide bonds. The number of anilines is 1. The maximum absolute atomic E-state index is 12.7. The van der Waals surface area contributed by atoms with Gasteiger partial charge in [0.15, 0.2) is 0 Å². The molecule has 0 fully saturated rings. The number of carboxylic acids is 1. The van der Waals surface area contributed by atoms with Crippen LogP contribution in [0.5, 0.6) is 0 Å². The molecule has 0 heterocycles. The minimum absolute atomic E-state index is 0.0630. The van der Waals surface area contributed by atoms with Crippen molar-refractivity contribution in [2.24, 2.45) is 0 Å². The van der Waals surface area contributed by atoms with Crippen LogP contribution in [0.15, 0.2) is 18.2 Å². The zero-order valence-electron chi connectivity index (χ0n) is 11.3. The summed E-state index contributed by atoms with van der Waals surface area (Å²) in [5.74, 6) is -2.04. The molecule has 1 aromatic carbocycles. The lowest BCUT2D eigenvalue weighted by molar-refractivity contribution is -0.137. The number of carboxylic acid groups (broad SMARTS) is 1. The molecular weight excluding hydrogens is 289 g/mol. The van der Waals surface area contributed by atoms with Crippen molar-refractivity contribution >= 4 is 17.6 Å². The summed E-state index contributed by atoms with van der Waals surface area (Å²) < 4.78 is 38.0. The van der Waals surface area contributed by atoms with Crippen molar-refractivity contribution < 1.29 is 27.9 Å². The minimum atomic E-state index is -4.69. The van der Waals surface area contributed by atoms with E-state index < -0.39 is 29.2 Å². The fourth-order valence-corrected chi connectivity index (χ4v) is 1.57. The van der Waals surface area contributed by atoms with E-state index in [1.54, 1.807) is 0 Å². The van der Waals surface area contributed by atoms with Gasteiger partial charge in [0.2, 0.25) is 5.91 Å². The molecule has 0 saturated carbocycles. The van der Waals surface area contributed by atoms with Crippen LogP contribution in [0.25, 0.3) is 0 Å². The van der Waals surface area contributed by atoms with E-state index in [9.17, 15) is 22.8 Å². The van der Waals surface area contributed by atoms with E-state index >= 15 is 0 Å². The van der Waals surface area contributed by atoms with Gasteiger partial charge in [-0.3, -0.25) is 4.79 Å². The molecule has 0 atom stereocenters. The molecule has 21 heavy (non-hydrogen) atoms.